The number of amides is 1. The lowest BCUT2D eigenvalue weighted by Gasteiger charge is -2.19. The monoisotopic (exact) mass is 513 g/mol. The minimum atomic E-state index is -0.580. The lowest BCUT2D eigenvalue weighted by atomic mass is 9.86. The number of para-hydroxylation sites is 1. The van der Waals surface area contributed by atoms with E-state index in [4.69, 9.17) is 13.9 Å². The van der Waals surface area contributed by atoms with E-state index in [9.17, 15) is 14.4 Å². The molecule has 0 radical (unpaired) electrons. The molecule has 4 aromatic rings. The molecule has 0 aliphatic carbocycles. The second kappa shape index (κ2) is 10.5. The molecule has 0 unspecified atom stereocenters. The summed E-state index contributed by atoms with van der Waals surface area (Å²) in [4.78, 5) is 38.4. The summed E-state index contributed by atoms with van der Waals surface area (Å²) in [7, 11) is 1.27. The summed E-state index contributed by atoms with van der Waals surface area (Å²) in [5.41, 5.74) is 4.23. The quantitative estimate of drug-likeness (QED) is 0.310. The smallest absolute Gasteiger partial charge is 0.339 e. The van der Waals surface area contributed by atoms with Crippen LogP contribution in [0.1, 0.15) is 47.8 Å². The Labute approximate surface area is 221 Å². The van der Waals surface area contributed by atoms with Crippen LogP contribution in [0, 0.1) is 13.8 Å². The molecule has 1 aromatic heterocycles. The summed E-state index contributed by atoms with van der Waals surface area (Å²) in [5, 5.41) is 3.03. The first-order valence-electron chi connectivity index (χ1n) is 12.3. The van der Waals surface area contributed by atoms with E-state index in [-0.39, 0.29) is 33.6 Å². The maximum Gasteiger partial charge on any atom is 0.339 e. The molecule has 4 rings (SSSR count). The van der Waals surface area contributed by atoms with E-state index in [1.54, 1.807) is 30.3 Å². The molecule has 3 aromatic carbocycles. The number of ether oxygens (including phenoxy) is 2. The summed E-state index contributed by atoms with van der Waals surface area (Å²) < 4.78 is 16.8. The molecule has 1 amide bonds. The molecule has 1 N–H and O–H groups in total. The zero-order chi connectivity index (χ0) is 27.6. The first-order chi connectivity index (χ1) is 18.0. The van der Waals surface area contributed by atoms with Crippen molar-refractivity contribution in [3.8, 4) is 17.1 Å². The fourth-order valence-corrected chi connectivity index (χ4v) is 4.08. The van der Waals surface area contributed by atoms with Crippen LogP contribution >= 0.6 is 0 Å². The number of fused-ring (bicyclic) bond motifs is 1. The normalized spacial score (nSPS) is 11.3. The lowest BCUT2D eigenvalue weighted by Crippen LogP contribution is -2.23. The molecule has 0 bridgehead atoms. The maximum atomic E-state index is 13.6. The topological polar surface area (TPSA) is 94.8 Å². The van der Waals surface area contributed by atoms with Gasteiger partial charge in [0, 0.05) is 5.56 Å². The standard InChI is InChI=1S/C31H31NO6/c1-18-15-23-25(16-19(18)2)38-28(20-11-13-21(14-12-20)31(3,4)5)29(27(23)34)37-17-26(33)32-24-10-8-7-9-22(24)30(35)36-6/h7-16H,17H2,1-6H3,(H,32,33). The van der Waals surface area contributed by atoms with Crippen molar-refractivity contribution in [1.82, 2.24) is 0 Å². The second-order valence-electron chi connectivity index (χ2n) is 10.2. The Hall–Kier alpha value is -4.39. The molecular formula is C31H31NO6. The Bertz CT molecular complexity index is 1580. The van der Waals surface area contributed by atoms with Gasteiger partial charge in [-0.3, -0.25) is 9.59 Å². The highest BCUT2D eigenvalue weighted by Crippen LogP contribution is 2.33. The molecule has 7 heteroatoms. The highest BCUT2D eigenvalue weighted by molar-refractivity contribution is 6.01. The van der Waals surface area contributed by atoms with Gasteiger partial charge in [-0.25, -0.2) is 4.79 Å². The zero-order valence-electron chi connectivity index (χ0n) is 22.4. The Balaban J connectivity index is 1.72. The molecule has 0 aliphatic heterocycles. The molecule has 1 heterocycles. The second-order valence-corrected chi connectivity index (χ2v) is 10.2. The molecule has 0 saturated carbocycles. The van der Waals surface area contributed by atoms with Crippen LogP contribution in [0.3, 0.4) is 0 Å². The number of esters is 1. The summed E-state index contributed by atoms with van der Waals surface area (Å²) in [6.07, 6.45) is 0. The average Bonchev–Trinajstić information content (AvgIpc) is 2.88. The average molecular weight is 514 g/mol. The Kier molecular flexibility index (Phi) is 7.39. The van der Waals surface area contributed by atoms with Crippen LogP contribution in [0.2, 0.25) is 0 Å². The van der Waals surface area contributed by atoms with Gasteiger partial charge in [-0.15, -0.1) is 0 Å². The van der Waals surface area contributed by atoms with E-state index in [0.29, 0.717) is 16.5 Å². The van der Waals surface area contributed by atoms with Crippen molar-refractivity contribution in [2.75, 3.05) is 19.0 Å². The Morgan fingerprint density at radius 2 is 1.61 bits per heavy atom. The molecule has 7 nitrogen and oxygen atoms in total. The van der Waals surface area contributed by atoms with Crippen LogP contribution in [0.15, 0.2) is 69.9 Å². The van der Waals surface area contributed by atoms with E-state index in [1.807, 2.05) is 44.2 Å². The highest BCUT2D eigenvalue weighted by Gasteiger charge is 2.21. The largest absolute Gasteiger partial charge is 0.476 e. The number of methoxy groups -OCH3 is 1. The molecule has 0 atom stereocenters. The summed E-state index contributed by atoms with van der Waals surface area (Å²) in [6.45, 7) is 9.76. The summed E-state index contributed by atoms with van der Waals surface area (Å²) >= 11 is 0. The van der Waals surface area contributed by atoms with Gasteiger partial charge >= 0.3 is 5.97 Å². The van der Waals surface area contributed by atoms with Crippen molar-refractivity contribution in [3.63, 3.8) is 0 Å². The van der Waals surface area contributed by atoms with Crippen LogP contribution in [-0.4, -0.2) is 25.6 Å². The van der Waals surface area contributed by atoms with E-state index in [1.165, 1.54) is 7.11 Å². The van der Waals surface area contributed by atoms with Gasteiger partial charge in [0.05, 0.1) is 23.7 Å². The fourth-order valence-electron chi connectivity index (χ4n) is 4.08. The molecule has 0 aliphatic rings. The van der Waals surface area contributed by atoms with Gasteiger partial charge in [-0.2, -0.15) is 0 Å². The predicted octanol–water partition coefficient (Wildman–Crippen LogP) is 6.18. The number of aryl methyl sites for hydroxylation is 2. The number of nitrogens with one attached hydrogen (secondary N) is 1. The predicted molar refractivity (Wildman–Crippen MR) is 148 cm³/mol. The van der Waals surface area contributed by atoms with E-state index in [0.717, 1.165) is 16.7 Å². The third-order valence-corrected chi connectivity index (χ3v) is 6.43. The first kappa shape index (κ1) is 26.7. The van der Waals surface area contributed by atoms with Crippen LogP contribution in [0.25, 0.3) is 22.3 Å². The Morgan fingerprint density at radius 1 is 0.947 bits per heavy atom. The van der Waals surface area contributed by atoms with E-state index in [2.05, 4.69) is 26.1 Å². The van der Waals surface area contributed by atoms with Gasteiger partial charge in [-0.1, -0.05) is 57.2 Å². The van der Waals surface area contributed by atoms with Crippen molar-refractivity contribution >= 4 is 28.5 Å². The molecule has 38 heavy (non-hydrogen) atoms. The van der Waals surface area contributed by atoms with Crippen molar-refractivity contribution in [3.05, 3.63) is 93.1 Å². The van der Waals surface area contributed by atoms with Gasteiger partial charge in [0.15, 0.2) is 12.4 Å². The van der Waals surface area contributed by atoms with Crippen molar-refractivity contribution < 1.29 is 23.5 Å². The lowest BCUT2D eigenvalue weighted by molar-refractivity contribution is -0.118. The third-order valence-electron chi connectivity index (χ3n) is 6.43. The number of rotatable bonds is 6. The summed E-state index contributed by atoms with van der Waals surface area (Å²) in [6, 6.07) is 17.8. The maximum absolute atomic E-state index is 13.6. The number of carbonyl (C=O) groups excluding carboxylic acids is 2. The zero-order valence-corrected chi connectivity index (χ0v) is 22.4. The fraction of sp³-hybridized carbons (Fsp3) is 0.258. The number of carbonyl (C=O) groups is 2. The summed E-state index contributed by atoms with van der Waals surface area (Å²) in [5.74, 6) is -0.937. The minimum absolute atomic E-state index is 0.0463. The van der Waals surface area contributed by atoms with Crippen LogP contribution in [0.5, 0.6) is 5.75 Å². The van der Waals surface area contributed by atoms with Gasteiger partial charge in [0.1, 0.15) is 5.58 Å². The minimum Gasteiger partial charge on any atom is -0.476 e. The number of benzene rings is 3. The van der Waals surface area contributed by atoms with Crippen LogP contribution in [0.4, 0.5) is 5.69 Å². The number of hydrogen-bond donors (Lipinski definition) is 1. The van der Waals surface area contributed by atoms with Gasteiger partial charge < -0.3 is 19.2 Å². The van der Waals surface area contributed by atoms with E-state index < -0.39 is 18.5 Å². The molecule has 0 fully saturated rings. The van der Waals surface area contributed by atoms with Gasteiger partial charge in [0.25, 0.3) is 5.91 Å². The number of hydrogen-bond acceptors (Lipinski definition) is 6. The SMILES string of the molecule is COC(=O)c1ccccc1NC(=O)COc1c(-c2ccc(C(C)(C)C)cc2)oc2cc(C)c(C)cc2c1=O. The highest BCUT2D eigenvalue weighted by atomic mass is 16.5. The molecular weight excluding hydrogens is 482 g/mol. The molecule has 0 spiro atoms. The van der Waals surface area contributed by atoms with Crippen molar-refractivity contribution in [1.29, 1.82) is 0 Å². The molecule has 0 saturated heterocycles. The van der Waals surface area contributed by atoms with Gasteiger partial charge in [0.2, 0.25) is 11.2 Å². The van der Waals surface area contributed by atoms with Crippen molar-refractivity contribution in [2.24, 2.45) is 0 Å². The molecule has 196 valence electrons. The van der Waals surface area contributed by atoms with Gasteiger partial charge in [-0.05, 0) is 60.2 Å². The van der Waals surface area contributed by atoms with E-state index >= 15 is 0 Å². The number of anilines is 1. The Morgan fingerprint density at radius 3 is 2.26 bits per heavy atom. The van der Waals surface area contributed by atoms with Crippen molar-refractivity contribution in [2.45, 2.75) is 40.0 Å². The first-order valence-corrected chi connectivity index (χ1v) is 12.3. The third kappa shape index (κ3) is 5.47. The van der Waals surface area contributed by atoms with Crippen LogP contribution in [-0.2, 0) is 14.9 Å². The van der Waals surface area contributed by atoms with Crippen LogP contribution < -0.4 is 15.5 Å².